The van der Waals surface area contributed by atoms with Crippen molar-refractivity contribution in [2.45, 2.75) is 33.6 Å². The molecule has 0 aliphatic carbocycles. The summed E-state index contributed by atoms with van der Waals surface area (Å²) in [7, 11) is 0. The number of rotatable bonds is 2. The number of hydrogen-bond acceptors (Lipinski definition) is 2. The third-order valence-electron chi connectivity index (χ3n) is 3.80. The van der Waals surface area contributed by atoms with E-state index in [2.05, 4.69) is 23.9 Å². The van der Waals surface area contributed by atoms with Crippen LogP contribution in [0.25, 0.3) is 16.8 Å². The molecule has 0 amide bonds. The molecule has 0 saturated carbocycles. The van der Waals surface area contributed by atoms with E-state index < -0.39 is 0 Å². The Morgan fingerprint density at radius 1 is 1.18 bits per heavy atom. The third kappa shape index (κ3) is 2.28. The topological polar surface area (TPSA) is 30.2 Å². The van der Waals surface area contributed by atoms with Gasteiger partial charge in [0.05, 0.1) is 5.69 Å². The van der Waals surface area contributed by atoms with Gasteiger partial charge in [0.2, 0.25) is 0 Å². The largest absolute Gasteiger partial charge is 0.233 e. The molecule has 1 aromatic carbocycles. The van der Waals surface area contributed by atoms with Crippen LogP contribution in [0, 0.1) is 19.7 Å². The zero-order valence-corrected chi connectivity index (χ0v) is 13.7. The molecule has 0 saturated heterocycles. The van der Waals surface area contributed by atoms with Gasteiger partial charge in [-0.3, -0.25) is 0 Å². The van der Waals surface area contributed by atoms with Crippen LogP contribution in [0.2, 0.25) is 5.15 Å². The second-order valence-corrected chi connectivity index (χ2v) is 6.12. The summed E-state index contributed by atoms with van der Waals surface area (Å²) >= 11 is 6.53. The number of benzene rings is 1. The van der Waals surface area contributed by atoms with E-state index in [1.54, 1.807) is 10.6 Å². The fourth-order valence-electron chi connectivity index (χ4n) is 2.88. The molecule has 0 aliphatic heterocycles. The molecule has 0 N–H and O–H groups in total. The lowest BCUT2D eigenvalue weighted by atomic mass is 10.0. The molecular formula is C17H17ClFN3. The first-order valence-electron chi connectivity index (χ1n) is 7.21. The molecule has 0 unspecified atom stereocenters. The maximum Gasteiger partial charge on any atom is 0.165 e. The zero-order chi connectivity index (χ0) is 16.0. The maximum atomic E-state index is 13.5. The van der Waals surface area contributed by atoms with Crippen molar-refractivity contribution in [3.63, 3.8) is 0 Å². The molecule has 2 aromatic heterocycles. The Bertz CT molecular complexity index is 868. The molecule has 3 nitrogen and oxygen atoms in total. The molecule has 0 radical (unpaired) electrons. The Morgan fingerprint density at radius 2 is 1.91 bits per heavy atom. The summed E-state index contributed by atoms with van der Waals surface area (Å²) in [5.41, 5.74) is 4.88. The molecule has 0 fully saturated rings. The predicted molar refractivity (Wildman–Crippen MR) is 87.0 cm³/mol. The molecule has 22 heavy (non-hydrogen) atoms. The van der Waals surface area contributed by atoms with Gasteiger partial charge in [-0.25, -0.2) is 13.9 Å². The molecular weight excluding hydrogens is 301 g/mol. The standard InChI is InChI=1S/C17H17ClFN3/c1-9(2)14-10(3)20-17-15(11(4)21-22(17)16(14)18)12-6-5-7-13(19)8-12/h5-9H,1-4H3. The van der Waals surface area contributed by atoms with Crippen LogP contribution < -0.4 is 0 Å². The number of hydrogen-bond donors (Lipinski definition) is 0. The highest BCUT2D eigenvalue weighted by atomic mass is 35.5. The summed E-state index contributed by atoms with van der Waals surface area (Å²) in [4.78, 5) is 4.68. The minimum Gasteiger partial charge on any atom is -0.233 e. The van der Waals surface area contributed by atoms with E-state index in [4.69, 9.17) is 11.6 Å². The first kappa shape index (κ1) is 15.0. The Kier molecular flexibility index (Phi) is 3.65. The second-order valence-electron chi connectivity index (χ2n) is 5.76. The van der Waals surface area contributed by atoms with Crippen LogP contribution in [0.1, 0.15) is 36.7 Å². The summed E-state index contributed by atoms with van der Waals surface area (Å²) in [6.07, 6.45) is 0. The van der Waals surface area contributed by atoms with E-state index >= 15 is 0 Å². The number of aromatic nitrogens is 3. The first-order chi connectivity index (χ1) is 10.4. The lowest BCUT2D eigenvalue weighted by molar-refractivity contribution is 0.628. The minimum absolute atomic E-state index is 0.256. The second kappa shape index (κ2) is 5.36. The Balaban J connectivity index is 2.36. The molecule has 3 aromatic rings. The van der Waals surface area contributed by atoms with E-state index in [1.807, 2.05) is 19.9 Å². The summed E-state index contributed by atoms with van der Waals surface area (Å²) in [6, 6.07) is 6.46. The van der Waals surface area contributed by atoms with Crippen molar-refractivity contribution >= 4 is 17.2 Å². The molecule has 0 aliphatic rings. The molecule has 0 atom stereocenters. The van der Waals surface area contributed by atoms with Gasteiger partial charge in [0.1, 0.15) is 11.0 Å². The lowest BCUT2D eigenvalue weighted by Crippen LogP contribution is -2.04. The average molecular weight is 318 g/mol. The van der Waals surface area contributed by atoms with Crippen molar-refractivity contribution < 1.29 is 4.39 Å². The highest BCUT2D eigenvalue weighted by Crippen LogP contribution is 2.33. The molecule has 0 spiro atoms. The summed E-state index contributed by atoms with van der Waals surface area (Å²) in [6.45, 7) is 7.98. The van der Waals surface area contributed by atoms with E-state index in [9.17, 15) is 4.39 Å². The molecule has 3 rings (SSSR count). The van der Waals surface area contributed by atoms with Crippen LogP contribution in [-0.2, 0) is 0 Å². The number of nitrogens with zero attached hydrogens (tertiary/aromatic N) is 3. The van der Waals surface area contributed by atoms with Gasteiger partial charge in [-0.15, -0.1) is 0 Å². The van der Waals surface area contributed by atoms with Crippen molar-refractivity contribution in [2.24, 2.45) is 0 Å². The lowest BCUT2D eigenvalue weighted by Gasteiger charge is -2.12. The first-order valence-corrected chi connectivity index (χ1v) is 7.59. The third-order valence-corrected chi connectivity index (χ3v) is 4.16. The number of fused-ring (bicyclic) bond motifs is 1. The highest BCUT2D eigenvalue weighted by molar-refractivity contribution is 6.30. The monoisotopic (exact) mass is 317 g/mol. The van der Waals surface area contributed by atoms with Crippen LogP contribution >= 0.6 is 11.6 Å². The number of halogens is 2. The van der Waals surface area contributed by atoms with Gasteiger partial charge < -0.3 is 0 Å². The normalized spacial score (nSPS) is 11.6. The Morgan fingerprint density at radius 3 is 2.55 bits per heavy atom. The summed E-state index contributed by atoms with van der Waals surface area (Å²) in [5.74, 6) is -0.0237. The van der Waals surface area contributed by atoms with Crippen molar-refractivity contribution in [3.05, 3.63) is 52.2 Å². The van der Waals surface area contributed by atoms with Gasteiger partial charge in [0.15, 0.2) is 5.65 Å². The number of aryl methyl sites for hydroxylation is 2. The van der Waals surface area contributed by atoms with E-state index in [0.717, 1.165) is 28.1 Å². The maximum absolute atomic E-state index is 13.5. The molecule has 5 heteroatoms. The fourth-order valence-corrected chi connectivity index (χ4v) is 3.35. The smallest absolute Gasteiger partial charge is 0.165 e. The quantitative estimate of drug-likeness (QED) is 0.627. The van der Waals surface area contributed by atoms with Crippen molar-refractivity contribution in [3.8, 4) is 11.1 Å². The van der Waals surface area contributed by atoms with Crippen LogP contribution in [0.4, 0.5) is 4.39 Å². The molecule has 2 heterocycles. The van der Waals surface area contributed by atoms with Crippen LogP contribution in [0.3, 0.4) is 0 Å². The zero-order valence-electron chi connectivity index (χ0n) is 13.0. The van der Waals surface area contributed by atoms with Crippen molar-refractivity contribution in [1.82, 2.24) is 14.6 Å². The van der Waals surface area contributed by atoms with Gasteiger partial charge in [-0.05, 0) is 37.5 Å². The SMILES string of the molecule is Cc1nc2c(-c3cccc(F)c3)c(C)nn2c(Cl)c1C(C)C. The molecule has 0 bridgehead atoms. The van der Waals surface area contributed by atoms with Crippen LogP contribution in [0.15, 0.2) is 24.3 Å². The molecule has 114 valence electrons. The van der Waals surface area contributed by atoms with E-state index in [-0.39, 0.29) is 11.7 Å². The van der Waals surface area contributed by atoms with Gasteiger partial charge >= 0.3 is 0 Å². The van der Waals surface area contributed by atoms with Gasteiger partial charge in [-0.1, -0.05) is 37.6 Å². The fraction of sp³-hybridized carbons (Fsp3) is 0.294. The predicted octanol–water partition coefficient (Wildman–Crippen LogP) is 4.93. The Labute approximate surface area is 133 Å². The van der Waals surface area contributed by atoms with Crippen LogP contribution in [0.5, 0.6) is 0 Å². The van der Waals surface area contributed by atoms with E-state index in [0.29, 0.717) is 10.8 Å². The van der Waals surface area contributed by atoms with Crippen molar-refractivity contribution in [1.29, 1.82) is 0 Å². The Hall–Kier alpha value is -1.94. The highest BCUT2D eigenvalue weighted by Gasteiger charge is 2.20. The van der Waals surface area contributed by atoms with Gasteiger partial charge in [-0.2, -0.15) is 5.10 Å². The summed E-state index contributed by atoms with van der Waals surface area (Å²) in [5, 5.41) is 5.08. The van der Waals surface area contributed by atoms with Crippen molar-refractivity contribution in [2.75, 3.05) is 0 Å². The van der Waals surface area contributed by atoms with Gasteiger partial charge in [0.25, 0.3) is 0 Å². The van der Waals surface area contributed by atoms with E-state index in [1.165, 1.54) is 12.1 Å². The average Bonchev–Trinajstić information content (AvgIpc) is 2.75. The van der Waals surface area contributed by atoms with Crippen LogP contribution in [-0.4, -0.2) is 14.6 Å². The minimum atomic E-state index is -0.280. The summed E-state index contributed by atoms with van der Waals surface area (Å²) < 4.78 is 15.2. The van der Waals surface area contributed by atoms with Gasteiger partial charge in [0, 0.05) is 16.8 Å².